The Balaban J connectivity index is 2.51. The van der Waals surface area contributed by atoms with Crippen molar-refractivity contribution >= 4 is 0 Å². The topological polar surface area (TPSA) is 47.3 Å². The van der Waals surface area contributed by atoms with Gasteiger partial charge < -0.3 is 4.74 Å². The molecule has 3 heteroatoms. The number of nitrogens with two attached hydrogens (primary N) is 1. The summed E-state index contributed by atoms with van der Waals surface area (Å²) in [5.41, 5.74) is 5.53. The van der Waals surface area contributed by atoms with E-state index in [4.69, 9.17) is 10.6 Å². The summed E-state index contributed by atoms with van der Waals surface area (Å²) < 4.78 is 5.15. The zero-order chi connectivity index (χ0) is 12.7. The van der Waals surface area contributed by atoms with Crippen molar-refractivity contribution in [1.82, 2.24) is 5.43 Å². The molecule has 3 N–H and O–H groups in total. The highest BCUT2D eigenvalue weighted by Gasteiger charge is 2.12. The van der Waals surface area contributed by atoms with E-state index in [1.165, 1.54) is 11.1 Å². The van der Waals surface area contributed by atoms with Gasteiger partial charge in [0, 0.05) is 19.8 Å². The molecule has 1 aromatic carbocycles. The van der Waals surface area contributed by atoms with Crippen molar-refractivity contribution in [2.45, 2.75) is 32.7 Å². The van der Waals surface area contributed by atoms with Crippen molar-refractivity contribution in [2.75, 3.05) is 13.7 Å². The number of aryl methyl sites for hydroxylation is 1. The van der Waals surface area contributed by atoms with Gasteiger partial charge in [0.05, 0.1) is 0 Å². The molecule has 0 bridgehead atoms. The summed E-state index contributed by atoms with van der Waals surface area (Å²) in [6, 6.07) is 8.88. The Bertz CT molecular complexity index is 328. The van der Waals surface area contributed by atoms with Gasteiger partial charge in [-0.1, -0.05) is 36.8 Å². The maximum Gasteiger partial charge on any atom is 0.0488 e. The fourth-order valence-electron chi connectivity index (χ4n) is 2.17. The second-order valence-corrected chi connectivity index (χ2v) is 4.85. The van der Waals surface area contributed by atoms with E-state index >= 15 is 0 Å². The van der Waals surface area contributed by atoms with E-state index in [1.807, 2.05) is 0 Å². The first-order chi connectivity index (χ1) is 8.15. The highest BCUT2D eigenvalue weighted by molar-refractivity contribution is 5.22. The average molecular weight is 236 g/mol. The standard InChI is InChI=1S/C14H24N2O/c1-11-5-4-6-13(7-11)9-14(16-15)8-12(2)10-17-3/h4-7,12,14,16H,8-10,15H2,1-3H3. The Morgan fingerprint density at radius 1 is 1.41 bits per heavy atom. The zero-order valence-corrected chi connectivity index (χ0v) is 11.1. The molecule has 3 nitrogen and oxygen atoms in total. The third-order valence-electron chi connectivity index (χ3n) is 2.94. The van der Waals surface area contributed by atoms with Gasteiger partial charge in [-0.25, -0.2) is 0 Å². The number of hydrogen-bond donors (Lipinski definition) is 2. The van der Waals surface area contributed by atoms with Crippen LogP contribution in [0.3, 0.4) is 0 Å². The fraction of sp³-hybridized carbons (Fsp3) is 0.571. The monoisotopic (exact) mass is 236 g/mol. The third-order valence-corrected chi connectivity index (χ3v) is 2.94. The number of ether oxygens (including phenoxy) is 1. The molecule has 0 aliphatic heterocycles. The highest BCUT2D eigenvalue weighted by Crippen LogP contribution is 2.12. The molecule has 0 heterocycles. The Morgan fingerprint density at radius 3 is 2.76 bits per heavy atom. The molecule has 2 unspecified atom stereocenters. The van der Waals surface area contributed by atoms with Gasteiger partial charge in [0.2, 0.25) is 0 Å². The molecular weight excluding hydrogens is 212 g/mol. The molecule has 0 spiro atoms. The molecule has 17 heavy (non-hydrogen) atoms. The predicted molar refractivity (Wildman–Crippen MR) is 71.7 cm³/mol. The van der Waals surface area contributed by atoms with Crippen molar-refractivity contribution < 1.29 is 4.74 Å². The maximum absolute atomic E-state index is 5.61. The van der Waals surface area contributed by atoms with Crippen molar-refractivity contribution in [3.63, 3.8) is 0 Å². The van der Waals surface area contributed by atoms with Gasteiger partial charge in [-0.2, -0.15) is 0 Å². The van der Waals surface area contributed by atoms with E-state index in [0.717, 1.165) is 19.4 Å². The van der Waals surface area contributed by atoms with Gasteiger partial charge in [0.15, 0.2) is 0 Å². The number of nitrogens with one attached hydrogen (secondary N) is 1. The normalized spacial score (nSPS) is 14.6. The molecule has 0 fully saturated rings. The summed E-state index contributed by atoms with van der Waals surface area (Å²) in [5.74, 6) is 6.13. The Kier molecular flexibility index (Phi) is 6.19. The lowest BCUT2D eigenvalue weighted by molar-refractivity contribution is 0.149. The molecule has 96 valence electrons. The van der Waals surface area contributed by atoms with Crippen LogP contribution in [0.5, 0.6) is 0 Å². The van der Waals surface area contributed by atoms with Crippen LogP contribution in [0, 0.1) is 12.8 Å². The fourth-order valence-corrected chi connectivity index (χ4v) is 2.17. The van der Waals surface area contributed by atoms with Gasteiger partial charge in [0.1, 0.15) is 0 Å². The smallest absolute Gasteiger partial charge is 0.0488 e. The van der Waals surface area contributed by atoms with Gasteiger partial charge in [-0.05, 0) is 31.2 Å². The van der Waals surface area contributed by atoms with E-state index in [0.29, 0.717) is 12.0 Å². The van der Waals surface area contributed by atoms with E-state index in [1.54, 1.807) is 7.11 Å². The average Bonchev–Trinajstić information content (AvgIpc) is 2.28. The second-order valence-electron chi connectivity index (χ2n) is 4.85. The summed E-state index contributed by atoms with van der Waals surface area (Å²) in [5, 5.41) is 0. The lowest BCUT2D eigenvalue weighted by Gasteiger charge is -2.20. The largest absolute Gasteiger partial charge is 0.384 e. The maximum atomic E-state index is 5.61. The van der Waals surface area contributed by atoms with Crippen LogP contribution in [0.15, 0.2) is 24.3 Å². The van der Waals surface area contributed by atoms with Crippen LogP contribution < -0.4 is 11.3 Å². The Labute approximate surface area is 104 Å². The SMILES string of the molecule is COCC(C)CC(Cc1cccc(C)c1)NN. The quantitative estimate of drug-likeness (QED) is 0.562. The molecule has 0 aliphatic carbocycles. The van der Waals surface area contributed by atoms with E-state index < -0.39 is 0 Å². The molecule has 1 rings (SSSR count). The zero-order valence-electron chi connectivity index (χ0n) is 11.1. The number of hydrazine groups is 1. The summed E-state index contributed by atoms with van der Waals surface area (Å²) in [6.45, 7) is 5.08. The molecule has 0 aromatic heterocycles. The van der Waals surface area contributed by atoms with Crippen LogP contribution >= 0.6 is 0 Å². The summed E-state index contributed by atoms with van der Waals surface area (Å²) in [4.78, 5) is 0. The molecule has 0 aliphatic rings. The highest BCUT2D eigenvalue weighted by atomic mass is 16.5. The van der Waals surface area contributed by atoms with Gasteiger partial charge in [-0.15, -0.1) is 0 Å². The van der Waals surface area contributed by atoms with Gasteiger partial charge in [-0.3, -0.25) is 11.3 Å². The van der Waals surface area contributed by atoms with Gasteiger partial charge >= 0.3 is 0 Å². The van der Waals surface area contributed by atoms with Gasteiger partial charge in [0.25, 0.3) is 0 Å². The van der Waals surface area contributed by atoms with E-state index in [9.17, 15) is 0 Å². The van der Waals surface area contributed by atoms with Crippen LogP contribution in [0.4, 0.5) is 0 Å². The number of rotatable bonds is 7. The van der Waals surface area contributed by atoms with Crippen LogP contribution in [0.1, 0.15) is 24.5 Å². The van der Waals surface area contributed by atoms with Crippen LogP contribution in [-0.4, -0.2) is 19.8 Å². The van der Waals surface area contributed by atoms with Crippen molar-refractivity contribution in [1.29, 1.82) is 0 Å². The summed E-state index contributed by atoms with van der Waals surface area (Å²) in [6.07, 6.45) is 1.99. The minimum absolute atomic E-state index is 0.307. The number of methoxy groups -OCH3 is 1. The third kappa shape index (κ3) is 5.31. The van der Waals surface area contributed by atoms with Crippen LogP contribution in [0.2, 0.25) is 0 Å². The van der Waals surface area contributed by atoms with E-state index in [-0.39, 0.29) is 0 Å². The molecule has 0 saturated heterocycles. The lowest BCUT2D eigenvalue weighted by atomic mass is 9.96. The molecule has 0 saturated carbocycles. The first-order valence-corrected chi connectivity index (χ1v) is 6.16. The minimum Gasteiger partial charge on any atom is -0.384 e. The molecule has 0 amide bonds. The van der Waals surface area contributed by atoms with Crippen LogP contribution in [0.25, 0.3) is 0 Å². The first-order valence-electron chi connectivity index (χ1n) is 6.16. The van der Waals surface area contributed by atoms with Crippen molar-refractivity contribution in [3.05, 3.63) is 35.4 Å². The minimum atomic E-state index is 0.307. The number of hydrogen-bond acceptors (Lipinski definition) is 3. The number of benzene rings is 1. The van der Waals surface area contributed by atoms with Crippen molar-refractivity contribution in [3.8, 4) is 0 Å². The molecule has 1 aromatic rings. The molecule has 2 atom stereocenters. The second kappa shape index (κ2) is 7.43. The van der Waals surface area contributed by atoms with E-state index in [2.05, 4.69) is 43.5 Å². The summed E-state index contributed by atoms with van der Waals surface area (Å²) in [7, 11) is 1.74. The predicted octanol–water partition coefficient (Wildman–Crippen LogP) is 2.04. The molecular formula is C14H24N2O. The van der Waals surface area contributed by atoms with Crippen LogP contribution in [-0.2, 0) is 11.2 Å². The van der Waals surface area contributed by atoms with Crippen molar-refractivity contribution in [2.24, 2.45) is 11.8 Å². The Hall–Kier alpha value is -0.900. The lowest BCUT2D eigenvalue weighted by Crippen LogP contribution is -2.38. The summed E-state index contributed by atoms with van der Waals surface area (Å²) >= 11 is 0. The first kappa shape index (κ1) is 14.2. The Morgan fingerprint density at radius 2 is 2.18 bits per heavy atom. The molecule has 0 radical (unpaired) electrons.